The van der Waals surface area contributed by atoms with E-state index in [1.807, 2.05) is 31.2 Å². The van der Waals surface area contributed by atoms with Crippen LogP contribution in [-0.2, 0) is 13.0 Å². The summed E-state index contributed by atoms with van der Waals surface area (Å²) >= 11 is 6.10. The van der Waals surface area contributed by atoms with Crippen LogP contribution in [0.4, 0.5) is 5.69 Å². The molecule has 30 heavy (non-hydrogen) atoms. The van der Waals surface area contributed by atoms with Crippen LogP contribution in [-0.4, -0.2) is 23.1 Å². The van der Waals surface area contributed by atoms with Crippen LogP contribution >= 0.6 is 11.6 Å². The number of aromatic nitrogens is 2. The van der Waals surface area contributed by atoms with Gasteiger partial charge in [-0.3, -0.25) is 4.79 Å². The predicted molar refractivity (Wildman–Crippen MR) is 122 cm³/mol. The van der Waals surface area contributed by atoms with Gasteiger partial charge in [0.2, 0.25) is 0 Å². The summed E-state index contributed by atoms with van der Waals surface area (Å²) < 4.78 is 0. The van der Waals surface area contributed by atoms with Gasteiger partial charge in [-0.15, -0.1) is 0 Å². The second-order valence-electron chi connectivity index (χ2n) is 7.83. The second kappa shape index (κ2) is 9.45. The van der Waals surface area contributed by atoms with E-state index in [0.717, 1.165) is 30.9 Å². The van der Waals surface area contributed by atoms with Gasteiger partial charge in [0.25, 0.3) is 5.56 Å². The molecule has 2 N–H and O–H groups in total. The zero-order chi connectivity index (χ0) is 20.9. The summed E-state index contributed by atoms with van der Waals surface area (Å²) in [4.78, 5) is 21.6. The van der Waals surface area contributed by atoms with Crippen LogP contribution in [0.1, 0.15) is 41.5 Å². The number of para-hydroxylation sites is 1. The molecule has 3 aromatic rings. The molecule has 0 saturated carbocycles. The molecule has 0 unspecified atom stereocenters. The molecule has 1 aromatic heterocycles. The molecule has 1 fully saturated rings. The van der Waals surface area contributed by atoms with E-state index in [2.05, 4.69) is 44.5 Å². The number of rotatable bonds is 7. The minimum Gasteiger partial charge on any atom is -0.371 e. The molecule has 5 nitrogen and oxygen atoms in total. The standard InChI is InChI=1S/C24H27ClN4O/c1-17-27-21(15-24(30)28-17)14-22(18-8-10-20(25)11-9-18)26-16-19-6-2-3-7-23(19)29-12-4-5-13-29/h2-3,6-11,15,22,26H,4-5,12-14,16H2,1H3,(H,27,28,30)/t22-/m1/s1. The molecule has 0 bridgehead atoms. The van der Waals surface area contributed by atoms with Crippen LogP contribution in [0.2, 0.25) is 5.02 Å². The number of nitrogens with zero attached hydrogens (tertiary/aromatic N) is 2. The van der Waals surface area contributed by atoms with Crippen molar-refractivity contribution in [2.45, 2.75) is 38.8 Å². The molecule has 156 valence electrons. The maximum Gasteiger partial charge on any atom is 0.251 e. The summed E-state index contributed by atoms with van der Waals surface area (Å²) in [5, 5.41) is 4.41. The number of halogens is 1. The average molecular weight is 423 g/mol. The number of nitrogens with one attached hydrogen (secondary N) is 2. The molecule has 2 aromatic carbocycles. The highest BCUT2D eigenvalue weighted by Gasteiger charge is 2.18. The van der Waals surface area contributed by atoms with Crippen molar-refractivity contribution in [1.29, 1.82) is 0 Å². The SMILES string of the molecule is Cc1nc(C[C@@H](NCc2ccccc2N2CCCC2)c2ccc(Cl)cc2)cc(=O)[nH]1. The minimum atomic E-state index is -0.119. The highest BCUT2D eigenvalue weighted by Crippen LogP contribution is 2.26. The molecule has 1 aliphatic rings. The van der Waals surface area contributed by atoms with E-state index in [0.29, 0.717) is 17.3 Å². The van der Waals surface area contributed by atoms with E-state index >= 15 is 0 Å². The van der Waals surface area contributed by atoms with E-state index in [-0.39, 0.29) is 11.6 Å². The van der Waals surface area contributed by atoms with Crippen LogP contribution in [0.5, 0.6) is 0 Å². The summed E-state index contributed by atoms with van der Waals surface area (Å²) in [7, 11) is 0. The average Bonchev–Trinajstić information content (AvgIpc) is 3.26. The molecule has 0 radical (unpaired) electrons. The van der Waals surface area contributed by atoms with Gasteiger partial charge in [-0.1, -0.05) is 41.9 Å². The Bertz CT molecular complexity index is 1040. The molecule has 6 heteroatoms. The third-order valence-electron chi connectivity index (χ3n) is 5.58. The Hall–Kier alpha value is -2.63. The molecule has 2 heterocycles. The Morgan fingerprint density at radius 1 is 1.13 bits per heavy atom. The van der Waals surface area contributed by atoms with Gasteiger partial charge in [0.1, 0.15) is 5.82 Å². The van der Waals surface area contributed by atoms with Crippen molar-refractivity contribution in [2.24, 2.45) is 0 Å². The zero-order valence-electron chi connectivity index (χ0n) is 17.2. The normalized spacial score (nSPS) is 14.8. The Morgan fingerprint density at radius 2 is 1.87 bits per heavy atom. The summed E-state index contributed by atoms with van der Waals surface area (Å²) in [5.41, 5.74) is 4.37. The highest BCUT2D eigenvalue weighted by molar-refractivity contribution is 6.30. The number of anilines is 1. The number of hydrogen-bond donors (Lipinski definition) is 2. The van der Waals surface area contributed by atoms with Crippen molar-refractivity contribution in [3.63, 3.8) is 0 Å². The van der Waals surface area contributed by atoms with E-state index < -0.39 is 0 Å². The Morgan fingerprint density at radius 3 is 2.60 bits per heavy atom. The van der Waals surface area contributed by atoms with Gasteiger partial charge in [-0.05, 0) is 49.1 Å². The van der Waals surface area contributed by atoms with Crippen LogP contribution in [0, 0.1) is 6.92 Å². The van der Waals surface area contributed by atoms with Crippen molar-refractivity contribution in [3.8, 4) is 0 Å². The van der Waals surface area contributed by atoms with Crippen LogP contribution in [0.25, 0.3) is 0 Å². The van der Waals surface area contributed by atoms with Gasteiger partial charge >= 0.3 is 0 Å². The fraction of sp³-hybridized carbons (Fsp3) is 0.333. The molecule has 0 spiro atoms. The summed E-state index contributed by atoms with van der Waals surface area (Å²) in [6.07, 6.45) is 3.13. The summed E-state index contributed by atoms with van der Waals surface area (Å²) in [6, 6.07) is 18.1. The lowest BCUT2D eigenvalue weighted by atomic mass is 10.0. The van der Waals surface area contributed by atoms with Crippen LogP contribution < -0.4 is 15.8 Å². The maximum atomic E-state index is 11.9. The first-order chi connectivity index (χ1) is 14.6. The first-order valence-electron chi connectivity index (χ1n) is 10.5. The topological polar surface area (TPSA) is 61.0 Å². The van der Waals surface area contributed by atoms with Gasteiger partial charge < -0.3 is 15.2 Å². The number of aromatic amines is 1. The largest absolute Gasteiger partial charge is 0.371 e. The minimum absolute atomic E-state index is 0.0163. The molecular weight excluding hydrogens is 396 g/mol. The molecular formula is C24H27ClN4O. The van der Waals surface area contributed by atoms with Gasteiger partial charge in [0.05, 0.1) is 0 Å². The lowest BCUT2D eigenvalue weighted by Gasteiger charge is -2.24. The fourth-order valence-electron chi connectivity index (χ4n) is 4.12. The highest BCUT2D eigenvalue weighted by atomic mass is 35.5. The summed E-state index contributed by atoms with van der Waals surface area (Å²) in [5.74, 6) is 0.631. The summed E-state index contributed by atoms with van der Waals surface area (Å²) in [6.45, 7) is 4.78. The van der Waals surface area contributed by atoms with Crippen molar-refractivity contribution in [2.75, 3.05) is 18.0 Å². The van der Waals surface area contributed by atoms with Gasteiger partial charge in [-0.25, -0.2) is 4.98 Å². The maximum absolute atomic E-state index is 11.9. The lowest BCUT2D eigenvalue weighted by molar-refractivity contribution is 0.524. The number of H-pyrrole nitrogens is 1. The van der Waals surface area contributed by atoms with Gasteiger partial charge in [0.15, 0.2) is 0 Å². The number of aryl methyl sites for hydroxylation is 1. The quantitative estimate of drug-likeness (QED) is 0.592. The fourth-order valence-corrected chi connectivity index (χ4v) is 4.24. The van der Waals surface area contributed by atoms with Crippen LogP contribution in [0.15, 0.2) is 59.4 Å². The monoisotopic (exact) mass is 422 g/mol. The molecule has 0 amide bonds. The molecule has 1 atom stereocenters. The van der Waals surface area contributed by atoms with Crippen molar-refractivity contribution in [1.82, 2.24) is 15.3 Å². The molecule has 1 saturated heterocycles. The molecule has 0 aliphatic carbocycles. The number of hydrogen-bond acceptors (Lipinski definition) is 4. The second-order valence-corrected chi connectivity index (χ2v) is 8.27. The predicted octanol–water partition coefficient (Wildman–Crippen LogP) is 4.41. The Labute approximate surface area is 182 Å². The van der Waals surface area contributed by atoms with E-state index in [4.69, 9.17) is 11.6 Å². The van der Waals surface area contributed by atoms with Crippen molar-refractivity contribution in [3.05, 3.63) is 92.6 Å². The van der Waals surface area contributed by atoms with Gasteiger partial charge in [-0.2, -0.15) is 0 Å². The van der Waals surface area contributed by atoms with E-state index in [1.165, 1.54) is 24.1 Å². The third kappa shape index (κ3) is 5.10. The molecule has 4 rings (SSSR count). The van der Waals surface area contributed by atoms with E-state index in [1.54, 1.807) is 6.07 Å². The van der Waals surface area contributed by atoms with Crippen molar-refractivity contribution < 1.29 is 0 Å². The zero-order valence-corrected chi connectivity index (χ0v) is 18.0. The lowest BCUT2D eigenvalue weighted by Crippen LogP contribution is -2.26. The van der Waals surface area contributed by atoms with E-state index in [9.17, 15) is 4.79 Å². The van der Waals surface area contributed by atoms with Crippen LogP contribution in [0.3, 0.4) is 0 Å². The van der Waals surface area contributed by atoms with Gasteiger partial charge in [0, 0.05) is 54.6 Å². The smallest absolute Gasteiger partial charge is 0.251 e. The third-order valence-corrected chi connectivity index (χ3v) is 5.83. The Balaban J connectivity index is 1.57. The van der Waals surface area contributed by atoms with Crippen molar-refractivity contribution >= 4 is 17.3 Å². The molecule has 1 aliphatic heterocycles. The first-order valence-corrected chi connectivity index (χ1v) is 10.8. The Kier molecular flexibility index (Phi) is 6.50. The number of benzene rings is 2. The first kappa shape index (κ1) is 20.6.